The zero-order valence-electron chi connectivity index (χ0n) is 14.1. The van der Waals surface area contributed by atoms with E-state index in [1.54, 1.807) is 19.3 Å². The zero-order valence-corrected chi connectivity index (χ0v) is 14.9. The summed E-state index contributed by atoms with van der Waals surface area (Å²) in [4.78, 5) is 28.8. The average molecular weight is 344 g/mol. The highest BCUT2D eigenvalue weighted by molar-refractivity contribution is 7.99. The molecule has 1 aromatic heterocycles. The van der Waals surface area contributed by atoms with Gasteiger partial charge in [0, 0.05) is 18.7 Å². The Kier molecular flexibility index (Phi) is 4.15. The molecule has 0 unspecified atom stereocenters. The number of nitrogens with zero attached hydrogens (tertiary/aromatic N) is 1. The summed E-state index contributed by atoms with van der Waals surface area (Å²) in [5.41, 5.74) is 0.526. The minimum Gasteiger partial charge on any atom is -0.355 e. The van der Waals surface area contributed by atoms with Crippen LogP contribution in [0.2, 0.25) is 0 Å². The maximum Gasteiger partial charge on any atom is 0.252 e. The number of aromatic nitrogens is 1. The number of carbonyl (C=O) groups excluding carboxylic acids is 2. The number of nitrogens with one attached hydrogen (secondary N) is 1. The van der Waals surface area contributed by atoms with Crippen molar-refractivity contribution in [3.8, 4) is 0 Å². The maximum atomic E-state index is 13.0. The molecule has 0 spiro atoms. The van der Waals surface area contributed by atoms with Gasteiger partial charge in [0.15, 0.2) is 0 Å². The molecular formula is C19H24N2O2S. The molecule has 4 bridgehead atoms. The van der Waals surface area contributed by atoms with E-state index in [4.69, 9.17) is 0 Å². The van der Waals surface area contributed by atoms with Gasteiger partial charge in [0.25, 0.3) is 5.91 Å². The van der Waals surface area contributed by atoms with Crippen molar-refractivity contribution in [2.45, 2.75) is 43.6 Å². The quantitative estimate of drug-likeness (QED) is 0.833. The molecule has 4 fully saturated rings. The average Bonchev–Trinajstić information content (AvgIpc) is 2.58. The normalized spacial score (nSPS) is 33.5. The Morgan fingerprint density at radius 2 is 1.79 bits per heavy atom. The van der Waals surface area contributed by atoms with Crippen LogP contribution in [0.3, 0.4) is 0 Å². The first-order valence-corrected chi connectivity index (χ1v) is 9.91. The Bertz CT molecular complexity index is 621. The Morgan fingerprint density at radius 1 is 1.17 bits per heavy atom. The summed E-state index contributed by atoms with van der Waals surface area (Å²) >= 11 is 1.51. The maximum absolute atomic E-state index is 13.0. The predicted molar refractivity (Wildman–Crippen MR) is 94.0 cm³/mol. The van der Waals surface area contributed by atoms with Crippen molar-refractivity contribution in [2.75, 3.05) is 12.8 Å². The molecule has 4 saturated carbocycles. The number of amides is 1. The Balaban J connectivity index is 1.39. The fourth-order valence-electron chi connectivity index (χ4n) is 5.49. The van der Waals surface area contributed by atoms with Crippen molar-refractivity contribution < 1.29 is 9.59 Å². The van der Waals surface area contributed by atoms with Gasteiger partial charge in [0.2, 0.25) is 0 Å². The first-order valence-electron chi connectivity index (χ1n) is 8.92. The van der Waals surface area contributed by atoms with Crippen LogP contribution < -0.4 is 5.32 Å². The van der Waals surface area contributed by atoms with Gasteiger partial charge in [0.05, 0.1) is 16.3 Å². The van der Waals surface area contributed by atoms with Crippen molar-refractivity contribution in [2.24, 2.45) is 23.2 Å². The molecule has 0 saturated heterocycles. The number of pyridine rings is 1. The number of rotatable bonds is 5. The molecule has 0 aliphatic heterocycles. The molecular weight excluding hydrogens is 320 g/mol. The molecule has 1 heterocycles. The minimum absolute atomic E-state index is 0.0240. The minimum atomic E-state index is -0.135. The third-order valence-electron chi connectivity index (χ3n) is 6.21. The van der Waals surface area contributed by atoms with Crippen LogP contribution in [-0.2, 0) is 4.79 Å². The summed E-state index contributed by atoms with van der Waals surface area (Å²) in [5.74, 6) is 3.21. The molecule has 4 aliphatic carbocycles. The molecule has 1 amide bonds. The summed E-state index contributed by atoms with van der Waals surface area (Å²) < 4.78 is 0. The highest BCUT2D eigenvalue weighted by Crippen LogP contribution is 2.60. The van der Waals surface area contributed by atoms with Gasteiger partial charge in [-0.15, -0.1) is 0 Å². The van der Waals surface area contributed by atoms with Crippen LogP contribution >= 0.6 is 11.8 Å². The molecule has 24 heavy (non-hydrogen) atoms. The molecule has 0 aromatic carbocycles. The van der Waals surface area contributed by atoms with E-state index in [2.05, 4.69) is 10.3 Å². The lowest BCUT2D eigenvalue weighted by Gasteiger charge is -2.56. The molecule has 5 rings (SSSR count). The third-order valence-corrected chi connectivity index (χ3v) is 7.15. The van der Waals surface area contributed by atoms with Crippen LogP contribution in [0.4, 0.5) is 0 Å². The molecule has 1 N–H and O–H groups in total. The molecule has 4 aliphatic rings. The van der Waals surface area contributed by atoms with E-state index < -0.39 is 0 Å². The Morgan fingerprint density at radius 3 is 2.29 bits per heavy atom. The Hall–Kier alpha value is -1.36. The summed E-state index contributed by atoms with van der Waals surface area (Å²) in [7, 11) is 1.61. The summed E-state index contributed by atoms with van der Waals surface area (Å²) in [6.45, 7) is 0. The van der Waals surface area contributed by atoms with Crippen LogP contribution in [-0.4, -0.2) is 29.5 Å². The second-order valence-electron chi connectivity index (χ2n) is 7.87. The second-order valence-corrected chi connectivity index (χ2v) is 8.87. The van der Waals surface area contributed by atoms with E-state index in [1.807, 2.05) is 6.07 Å². The summed E-state index contributed by atoms with van der Waals surface area (Å²) in [6.07, 6.45) is 9.05. The molecule has 4 nitrogen and oxygen atoms in total. The van der Waals surface area contributed by atoms with Gasteiger partial charge in [-0.1, -0.05) is 11.8 Å². The van der Waals surface area contributed by atoms with Gasteiger partial charge in [-0.2, -0.15) is 0 Å². The first kappa shape index (κ1) is 16.1. The van der Waals surface area contributed by atoms with E-state index in [-0.39, 0.29) is 11.3 Å². The van der Waals surface area contributed by atoms with Gasteiger partial charge in [-0.05, 0) is 68.4 Å². The molecule has 1 aromatic rings. The van der Waals surface area contributed by atoms with Gasteiger partial charge < -0.3 is 5.32 Å². The standard InChI is InChI=1S/C19H24N2O2S/c1-20-18(23)15-2-3-17(21-10-15)24-11-16(22)19-7-12-4-13(8-19)6-14(5-12)9-19/h2-3,10,12-14H,4-9,11H2,1H3,(H,20,23). The number of thioether (sulfide) groups is 1. The molecule has 0 radical (unpaired) electrons. The zero-order chi connectivity index (χ0) is 16.7. The van der Waals surface area contributed by atoms with Crippen molar-refractivity contribution in [3.63, 3.8) is 0 Å². The number of ketones is 1. The van der Waals surface area contributed by atoms with Gasteiger partial charge in [-0.3, -0.25) is 9.59 Å². The fraction of sp³-hybridized carbons (Fsp3) is 0.632. The van der Waals surface area contributed by atoms with Gasteiger partial charge >= 0.3 is 0 Å². The lowest BCUT2D eigenvalue weighted by molar-refractivity contribution is -0.141. The highest BCUT2D eigenvalue weighted by Gasteiger charge is 2.53. The van der Waals surface area contributed by atoms with Gasteiger partial charge in [0.1, 0.15) is 5.78 Å². The number of hydrogen-bond donors (Lipinski definition) is 1. The number of Topliss-reactive ketones (excluding diaryl/α,β-unsaturated/α-hetero) is 1. The van der Waals surface area contributed by atoms with Crippen molar-refractivity contribution in [3.05, 3.63) is 23.9 Å². The first-order chi connectivity index (χ1) is 11.6. The molecule has 0 atom stereocenters. The summed E-state index contributed by atoms with van der Waals surface area (Å²) in [5, 5.41) is 3.41. The lowest BCUT2D eigenvalue weighted by Crippen LogP contribution is -2.50. The lowest BCUT2D eigenvalue weighted by atomic mass is 9.48. The van der Waals surface area contributed by atoms with Crippen LogP contribution in [0, 0.1) is 23.2 Å². The second kappa shape index (κ2) is 6.17. The SMILES string of the molecule is CNC(=O)c1ccc(SCC(=O)C23CC4CC(CC(C4)C2)C3)nc1. The molecule has 5 heteroatoms. The van der Waals surface area contributed by atoms with Gasteiger partial charge in [-0.25, -0.2) is 4.98 Å². The number of hydrogen-bond acceptors (Lipinski definition) is 4. The third kappa shape index (κ3) is 2.87. The van der Waals surface area contributed by atoms with E-state index >= 15 is 0 Å². The van der Waals surface area contributed by atoms with Crippen LogP contribution in [0.5, 0.6) is 0 Å². The topological polar surface area (TPSA) is 59.1 Å². The largest absolute Gasteiger partial charge is 0.355 e. The van der Waals surface area contributed by atoms with E-state index in [9.17, 15) is 9.59 Å². The summed E-state index contributed by atoms with van der Waals surface area (Å²) in [6, 6.07) is 3.60. The Labute approximate surface area is 147 Å². The van der Waals surface area contributed by atoms with E-state index in [0.29, 0.717) is 17.1 Å². The number of carbonyl (C=O) groups is 2. The van der Waals surface area contributed by atoms with E-state index in [0.717, 1.165) is 42.0 Å². The smallest absolute Gasteiger partial charge is 0.252 e. The molecule has 128 valence electrons. The van der Waals surface area contributed by atoms with E-state index in [1.165, 1.54) is 31.0 Å². The fourth-order valence-corrected chi connectivity index (χ4v) is 6.37. The van der Waals surface area contributed by atoms with Crippen LogP contribution in [0.15, 0.2) is 23.4 Å². The predicted octanol–water partition coefficient (Wildman–Crippen LogP) is 3.32. The van der Waals surface area contributed by atoms with Crippen molar-refractivity contribution in [1.82, 2.24) is 10.3 Å². The monoisotopic (exact) mass is 344 g/mol. The van der Waals surface area contributed by atoms with Crippen LogP contribution in [0.25, 0.3) is 0 Å². The van der Waals surface area contributed by atoms with Crippen LogP contribution in [0.1, 0.15) is 48.9 Å². The highest BCUT2D eigenvalue weighted by atomic mass is 32.2. The van der Waals surface area contributed by atoms with Crippen molar-refractivity contribution >= 4 is 23.5 Å². The van der Waals surface area contributed by atoms with Crippen molar-refractivity contribution in [1.29, 1.82) is 0 Å².